The maximum absolute atomic E-state index is 11.3. The number of hydrogen-bond acceptors (Lipinski definition) is 3. The molecule has 16 heavy (non-hydrogen) atoms. The van der Waals surface area contributed by atoms with Gasteiger partial charge in [-0.1, -0.05) is 45.1 Å². The summed E-state index contributed by atoms with van der Waals surface area (Å²) in [5, 5.41) is 0. The van der Waals surface area contributed by atoms with E-state index in [1.807, 2.05) is 0 Å². The SMILES string of the molecule is C=CCC(N)C(=O)OCCCCCCCC. The van der Waals surface area contributed by atoms with Gasteiger partial charge in [0.05, 0.1) is 6.61 Å². The molecule has 0 aliphatic heterocycles. The first kappa shape index (κ1) is 15.2. The van der Waals surface area contributed by atoms with Gasteiger partial charge in [-0.25, -0.2) is 0 Å². The highest BCUT2D eigenvalue weighted by Crippen LogP contribution is 2.05. The molecule has 2 N–H and O–H groups in total. The third-order valence-corrected chi connectivity index (χ3v) is 2.47. The predicted octanol–water partition coefficient (Wildman–Crippen LogP) is 2.79. The van der Waals surface area contributed by atoms with Crippen molar-refractivity contribution < 1.29 is 9.53 Å². The maximum atomic E-state index is 11.3. The van der Waals surface area contributed by atoms with Crippen LogP contribution < -0.4 is 5.73 Å². The third-order valence-electron chi connectivity index (χ3n) is 2.47. The van der Waals surface area contributed by atoms with E-state index in [1.54, 1.807) is 6.08 Å². The highest BCUT2D eigenvalue weighted by Gasteiger charge is 2.12. The Balaban J connectivity index is 3.30. The van der Waals surface area contributed by atoms with Crippen LogP contribution in [0.3, 0.4) is 0 Å². The van der Waals surface area contributed by atoms with Crippen LogP contribution in [0.4, 0.5) is 0 Å². The molecule has 0 spiro atoms. The summed E-state index contributed by atoms with van der Waals surface area (Å²) in [6.07, 6.45) is 9.24. The molecule has 1 atom stereocenters. The second kappa shape index (κ2) is 10.7. The Bertz CT molecular complexity index is 192. The number of carbonyl (C=O) groups is 1. The highest BCUT2D eigenvalue weighted by molar-refractivity contribution is 5.75. The molecule has 0 bridgehead atoms. The van der Waals surface area contributed by atoms with Crippen LogP contribution in [0.5, 0.6) is 0 Å². The molecule has 3 heteroatoms. The van der Waals surface area contributed by atoms with E-state index in [1.165, 1.54) is 25.7 Å². The Morgan fingerprint density at radius 3 is 2.56 bits per heavy atom. The van der Waals surface area contributed by atoms with E-state index < -0.39 is 6.04 Å². The minimum atomic E-state index is -0.544. The quantitative estimate of drug-likeness (QED) is 0.355. The average molecular weight is 227 g/mol. The van der Waals surface area contributed by atoms with Crippen molar-refractivity contribution in [3.05, 3.63) is 12.7 Å². The van der Waals surface area contributed by atoms with Gasteiger partial charge in [-0.05, 0) is 12.8 Å². The molecule has 0 radical (unpaired) electrons. The lowest BCUT2D eigenvalue weighted by molar-refractivity contribution is -0.145. The molecule has 94 valence electrons. The molecular weight excluding hydrogens is 202 g/mol. The highest BCUT2D eigenvalue weighted by atomic mass is 16.5. The van der Waals surface area contributed by atoms with Gasteiger partial charge < -0.3 is 10.5 Å². The molecule has 0 aliphatic carbocycles. The zero-order chi connectivity index (χ0) is 12.2. The fourth-order valence-electron chi connectivity index (χ4n) is 1.44. The van der Waals surface area contributed by atoms with Crippen molar-refractivity contribution >= 4 is 5.97 Å². The second-order valence-corrected chi connectivity index (χ2v) is 4.07. The Morgan fingerprint density at radius 2 is 1.94 bits per heavy atom. The van der Waals surface area contributed by atoms with Gasteiger partial charge in [0.15, 0.2) is 0 Å². The molecule has 0 fully saturated rings. The van der Waals surface area contributed by atoms with Crippen LogP contribution in [0.2, 0.25) is 0 Å². The van der Waals surface area contributed by atoms with Crippen molar-refractivity contribution in [1.29, 1.82) is 0 Å². The van der Waals surface area contributed by atoms with Gasteiger partial charge in [-0.3, -0.25) is 4.79 Å². The number of nitrogens with two attached hydrogens (primary N) is 1. The van der Waals surface area contributed by atoms with Crippen molar-refractivity contribution in [2.75, 3.05) is 6.61 Å². The Kier molecular flexibility index (Phi) is 10.1. The van der Waals surface area contributed by atoms with Crippen molar-refractivity contribution in [3.8, 4) is 0 Å². The number of esters is 1. The van der Waals surface area contributed by atoms with E-state index in [0.717, 1.165) is 12.8 Å². The van der Waals surface area contributed by atoms with Crippen LogP contribution in [0.25, 0.3) is 0 Å². The number of rotatable bonds is 10. The fourth-order valence-corrected chi connectivity index (χ4v) is 1.44. The number of unbranched alkanes of at least 4 members (excludes halogenated alkanes) is 5. The fraction of sp³-hybridized carbons (Fsp3) is 0.769. The van der Waals surface area contributed by atoms with E-state index >= 15 is 0 Å². The molecule has 0 aromatic carbocycles. The Morgan fingerprint density at radius 1 is 1.31 bits per heavy atom. The molecule has 0 saturated heterocycles. The lowest BCUT2D eigenvalue weighted by atomic mass is 10.1. The van der Waals surface area contributed by atoms with Gasteiger partial charge in [0.2, 0.25) is 0 Å². The summed E-state index contributed by atoms with van der Waals surface area (Å²) in [7, 11) is 0. The smallest absolute Gasteiger partial charge is 0.323 e. The normalized spacial score (nSPS) is 12.1. The van der Waals surface area contributed by atoms with Crippen LogP contribution in [0.1, 0.15) is 51.9 Å². The largest absolute Gasteiger partial charge is 0.465 e. The Hall–Kier alpha value is -0.830. The van der Waals surface area contributed by atoms with Crippen LogP contribution in [-0.2, 0) is 9.53 Å². The van der Waals surface area contributed by atoms with Crippen molar-refractivity contribution in [1.82, 2.24) is 0 Å². The van der Waals surface area contributed by atoms with Crippen molar-refractivity contribution in [2.24, 2.45) is 5.73 Å². The standard InChI is InChI=1S/C13H25NO2/c1-3-5-6-7-8-9-11-16-13(15)12(14)10-4-2/h4,12H,2-3,5-11,14H2,1H3. The van der Waals surface area contributed by atoms with Gasteiger partial charge in [-0.2, -0.15) is 0 Å². The molecule has 0 aromatic rings. The van der Waals surface area contributed by atoms with E-state index in [2.05, 4.69) is 13.5 Å². The topological polar surface area (TPSA) is 52.3 Å². The summed E-state index contributed by atoms with van der Waals surface area (Å²) < 4.78 is 5.05. The molecule has 3 nitrogen and oxygen atoms in total. The van der Waals surface area contributed by atoms with Crippen LogP contribution in [0.15, 0.2) is 12.7 Å². The second-order valence-electron chi connectivity index (χ2n) is 4.07. The molecular formula is C13H25NO2. The monoisotopic (exact) mass is 227 g/mol. The molecule has 0 saturated carbocycles. The number of hydrogen-bond donors (Lipinski definition) is 1. The summed E-state index contributed by atoms with van der Waals surface area (Å²) in [6.45, 7) is 6.23. The molecule has 0 amide bonds. The van der Waals surface area contributed by atoms with Crippen molar-refractivity contribution in [3.63, 3.8) is 0 Å². The first-order valence-corrected chi connectivity index (χ1v) is 6.25. The molecule has 0 rings (SSSR count). The van der Waals surface area contributed by atoms with Gasteiger partial charge in [0.25, 0.3) is 0 Å². The minimum Gasteiger partial charge on any atom is -0.465 e. The third kappa shape index (κ3) is 8.48. The first-order valence-electron chi connectivity index (χ1n) is 6.25. The minimum absolute atomic E-state index is 0.312. The molecule has 0 aromatic heterocycles. The maximum Gasteiger partial charge on any atom is 0.323 e. The summed E-state index contributed by atoms with van der Waals surface area (Å²) in [4.78, 5) is 11.3. The zero-order valence-corrected chi connectivity index (χ0v) is 10.4. The van der Waals surface area contributed by atoms with E-state index in [0.29, 0.717) is 13.0 Å². The lowest BCUT2D eigenvalue weighted by Gasteiger charge is -2.09. The molecule has 1 unspecified atom stereocenters. The number of carbonyl (C=O) groups excluding carboxylic acids is 1. The predicted molar refractivity (Wildman–Crippen MR) is 67.1 cm³/mol. The Labute approximate surface area is 99.0 Å². The van der Waals surface area contributed by atoms with Gasteiger partial charge in [0, 0.05) is 0 Å². The zero-order valence-electron chi connectivity index (χ0n) is 10.4. The molecule has 0 heterocycles. The summed E-state index contributed by atoms with van der Waals surface area (Å²) in [5.41, 5.74) is 5.56. The van der Waals surface area contributed by atoms with Gasteiger partial charge in [0.1, 0.15) is 6.04 Å². The summed E-state index contributed by atoms with van der Waals surface area (Å²) in [6, 6.07) is -0.544. The molecule has 0 aliphatic rings. The van der Waals surface area contributed by atoms with E-state index in [9.17, 15) is 4.79 Å². The average Bonchev–Trinajstić information content (AvgIpc) is 2.28. The first-order chi connectivity index (χ1) is 7.72. The number of ether oxygens (including phenoxy) is 1. The van der Waals surface area contributed by atoms with Crippen molar-refractivity contribution in [2.45, 2.75) is 57.9 Å². The van der Waals surface area contributed by atoms with Crippen LogP contribution in [-0.4, -0.2) is 18.6 Å². The summed E-state index contributed by atoms with van der Waals surface area (Å²) >= 11 is 0. The van der Waals surface area contributed by atoms with Crippen LogP contribution in [0, 0.1) is 0 Å². The van der Waals surface area contributed by atoms with Crippen LogP contribution >= 0.6 is 0 Å². The lowest BCUT2D eigenvalue weighted by Crippen LogP contribution is -2.31. The summed E-state index contributed by atoms with van der Waals surface area (Å²) in [5.74, 6) is -0.312. The van der Waals surface area contributed by atoms with E-state index in [4.69, 9.17) is 10.5 Å². The van der Waals surface area contributed by atoms with Gasteiger partial charge in [-0.15, -0.1) is 6.58 Å². The van der Waals surface area contributed by atoms with E-state index in [-0.39, 0.29) is 5.97 Å². The van der Waals surface area contributed by atoms with Gasteiger partial charge >= 0.3 is 5.97 Å².